The van der Waals surface area contributed by atoms with E-state index in [1.165, 1.54) is 44.3 Å². The van der Waals surface area contributed by atoms with Crippen molar-refractivity contribution in [1.29, 1.82) is 0 Å². The second-order valence-electron chi connectivity index (χ2n) is 6.58. The summed E-state index contributed by atoms with van der Waals surface area (Å²) < 4.78 is 0. The number of likely N-dealkylation sites (tertiary alicyclic amines) is 1. The molecular weight excluding hydrogens is 280 g/mol. The van der Waals surface area contributed by atoms with Gasteiger partial charge in [-0.05, 0) is 67.1 Å². The molecule has 3 rings (SSSR count). The molecule has 1 aliphatic heterocycles. The third-order valence-electron chi connectivity index (χ3n) is 4.98. The largest absolute Gasteiger partial charge is 0.356 e. The topological polar surface area (TPSA) is 32.3 Å². The summed E-state index contributed by atoms with van der Waals surface area (Å²) in [7, 11) is 0. The van der Waals surface area contributed by atoms with Gasteiger partial charge in [-0.1, -0.05) is 12.8 Å². The number of nitrogens with one attached hydrogen (secondary N) is 1. The standard InChI is InChI=1S/C17H26N2OS/c20-17(16-3-1-2-4-16)18-11-14-5-8-19(9-6-14)12-15-7-10-21-13-15/h7,10,13-14,16H,1-6,8-9,11-12H2,(H,18,20). The Morgan fingerprint density at radius 2 is 2.00 bits per heavy atom. The Bertz CT molecular complexity index is 432. The summed E-state index contributed by atoms with van der Waals surface area (Å²) in [5, 5.41) is 7.60. The highest BCUT2D eigenvalue weighted by molar-refractivity contribution is 7.07. The Labute approximate surface area is 131 Å². The minimum atomic E-state index is 0.309. The molecule has 0 atom stereocenters. The van der Waals surface area contributed by atoms with E-state index in [0.717, 1.165) is 25.9 Å². The van der Waals surface area contributed by atoms with Crippen molar-refractivity contribution in [2.24, 2.45) is 11.8 Å². The van der Waals surface area contributed by atoms with Gasteiger partial charge < -0.3 is 5.32 Å². The molecule has 1 aromatic heterocycles. The maximum absolute atomic E-state index is 12.0. The summed E-state index contributed by atoms with van der Waals surface area (Å²) in [6.07, 6.45) is 7.11. The van der Waals surface area contributed by atoms with Crippen molar-refractivity contribution < 1.29 is 4.79 Å². The second kappa shape index (κ2) is 7.41. The lowest BCUT2D eigenvalue weighted by Gasteiger charge is -2.32. The van der Waals surface area contributed by atoms with E-state index in [2.05, 4.69) is 27.0 Å². The zero-order chi connectivity index (χ0) is 14.5. The number of hydrogen-bond donors (Lipinski definition) is 1. The minimum Gasteiger partial charge on any atom is -0.356 e. The Kier molecular flexibility index (Phi) is 5.31. The number of nitrogens with zero attached hydrogens (tertiary/aromatic N) is 1. The number of hydrogen-bond acceptors (Lipinski definition) is 3. The van der Waals surface area contributed by atoms with E-state index >= 15 is 0 Å². The van der Waals surface area contributed by atoms with Gasteiger partial charge in [0.25, 0.3) is 0 Å². The molecule has 1 amide bonds. The average molecular weight is 306 g/mol. The molecule has 21 heavy (non-hydrogen) atoms. The zero-order valence-corrected chi connectivity index (χ0v) is 13.5. The Morgan fingerprint density at radius 3 is 2.67 bits per heavy atom. The lowest BCUT2D eigenvalue weighted by Crippen LogP contribution is -2.39. The molecule has 116 valence electrons. The van der Waals surface area contributed by atoms with Gasteiger partial charge >= 0.3 is 0 Å². The third kappa shape index (κ3) is 4.30. The monoisotopic (exact) mass is 306 g/mol. The van der Waals surface area contributed by atoms with Crippen LogP contribution in [-0.2, 0) is 11.3 Å². The molecule has 0 aromatic carbocycles. The molecular formula is C17H26N2OS. The fourth-order valence-corrected chi connectivity index (χ4v) is 4.23. The van der Waals surface area contributed by atoms with E-state index in [1.54, 1.807) is 11.3 Å². The van der Waals surface area contributed by atoms with Crippen molar-refractivity contribution in [3.8, 4) is 0 Å². The van der Waals surface area contributed by atoms with Gasteiger partial charge in [0.1, 0.15) is 0 Å². The summed E-state index contributed by atoms with van der Waals surface area (Å²) in [5.74, 6) is 1.30. The molecule has 2 aliphatic rings. The average Bonchev–Trinajstić information content (AvgIpc) is 3.19. The maximum atomic E-state index is 12.0. The first-order chi connectivity index (χ1) is 10.3. The summed E-state index contributed by atoms with van der Waals surface area (Å²) in [6, 6.07) is 2.22. The van der Waals surface area contributed by atoms with E-state index in [1.807, 2.05) is 0 Å². The molecule has 0 unspecified atom stereocenters. The number of thiophene rings is 1. The first-order valence-corrected chi connectivity index (χ1v) is 9.26. The van der Waals surface area contributed by atoms with Gasteiger partial charge in [0.05, 0.1) is 0 Å². The van der Waals surface area contributed by atoms with Crippen LogP contribution in [0.4, 0.5) is 0 Å². The number of amides is 1. The predicted molar refractivity (Wildman–Crippen MR) is 87.3 cm³/mol. The van der Waals surface area contributed by atoms with Crippen molar-refractivity contribution in [2.75, 3.05) is 19.6 Å². The van der Waals surface area contributed by atoms with Gasteiger partial charge in [-0.3, -0.25) is 9.69 Å². The first kappa shape index (κ1) is 15.0. The molecule has 1 aromatic rings. The minimum absolute atomic E-state index is 0.309. The lowest BCUT2D eigenvalue weighted by atomic mass is 9.96. The molecule has 3 nitrogen and oxygen atoms in total. The molecule has 1 saturated carbocycles. The van der Waals surface area contributed by atoms with Crippen LogP contribution in [0.25, 0.3) is 0 Å². The van der Waals surface area contributed by atoms with Crippen LogP contribution in [-0.4, -0.2) is 30.4 Å². The molecule has 1 N–H and O–H groups in total. The van der Waals surface area contributed by atoms with Crippen LogP contribution < -0.4 is 5.32 Å². The van der Waals surface area contributed by atoms with E-state index in [9.17, 15) is 4.79 Å². The van der Waals surface area contributed by atoms with Gasteiger partial charge in [0, 0.05) is 19.0 Å². The van der Waals surface area contributed by atoms with Gasteiger partial charge in [0.2, 0.25) is 5.91 Å². The normalized spacial score (nSPS) is 21.7. The molecule has 2 fully saturated rings. The van der Waals surface area contributed by atoms with Gasteiger partial charge in [0.15, 0.2) is 0 Å². The third-order valence-corrected chi connectivity index (χ3v) is 5.72. The molecule has 1 saturated heterocycles. The molecule has 2 heterocycles. The van der Waals surface area contributed by atoms with Crippen molar-refractivity contribution >= 4 is 17.2 Å². The SMILES string of the molecule is O=C(NCC1CCN(Cc2ccsc2)CC1)C1CCCC1. The lowest BCUT2D eigenvalue weighted by molar-refractivity contribution is -0.125. The number of rotatable bonds is 5. The quantitative estimate of drug-likeness (QED) is 0.905. The second-order valence-corrected chi connectivity index (χ2v) is 7.36. The number of carbonyl (C=O) groups is 1. The van der Waals surface area contributed by atoms with E-state index in [4.69, 9.17) is 0 Å². The van der Waals surface area contributed by atoms with Crippen LogP contribution in [0.2, 0.25) is 0 Å². The molecule has 4 heteroatoms. The van der Waals surface area contributed by atoms with Gasteiger partial charge in [-0.2, -0.15) is 11.3 Å². The van der Waals surface area contributed by atoms with E-state index < -0.39 is 0 Å². The smallest absolute Gasteiger partial charge is 0.223 e. The van der Waals surface area contributed by atoms with Crippen molar-refractivity contribution in [3.63, 3.8) is 0 Å². The summed E-state index contributed by atoms with van der Waals surface area (Å²) in [6.45, 7) is 4.31. The van der Waals surface area contributed by atoms with Crippen LogP contribution in [0.15, 0.2) is 16.8 Å². The highest BCUT2D eigenvalue weighted by Crippen LogP contribution is 2.25. The summed E-state index contributed by atoms with van der Waals surface area (Å²) in [4.78, 5) is 14.6. The van der Waals surface area contributed by atoms with Crippen LogP contribution in [0.3, 0.4) is 0 Å². The van der Waals surface area contributed by atoms with Crippen molar-refractivity contribution in [1.82, 2.24) is 10.2 Å². The highest BCUT2D eigenvalue weighted by Gasteiger charge is 2.24. The Morgan fingerprint density at radius 1 is 1.24 bits per heavy atom. The highest BCUT2D eigenvalue weighted by atomic mass is 32.1. The fourth-order valence-electron chi connectivity index (χ4n) is 3.57. The molecule has 0 radical (unpaired) electrons. The predicted octanol–water partition coefficient (Wildman–Crippen LogP) is 3.27. The van der Waals surface area contributed by atoms with Crippen LogP contribution in [0, 0.1) is 11.8 Å². The van der Waals surface area contributed by atoms with Crippen LogP contribution in [0.1, 0.15) is 44.1 Å². The van der Waals surface area contributed by atoms with Crippen LogP contribution >= 0.6 is 11.3 Å². The van der Waals surface area contributed by atoms with E-state index in [-0.39, 0.29) is 0 Å². The maximum Gasteiger partial charge on any atom is 0.223 e. The molecule has 0 spiro atoms. The van der Waals surface area contributed by atoms with Crippen LogP contribution in [0.5, 0.6) is 0 Å². The summed E-state index contributed by atoms with van der Waals surface area (Å²) >= 11 is 1.78. The first-order valence-electron chi connectivity index (χ1n) is 8.32. The summed E-state index contributed by atoms with van der Waals surface area (Å²) in [5.41, 5.74) is 1.44. The molecule has 1 aliphatic carbocycles. The van der Waals surface area contributed by atoms with Crippen molar-refractivity contribution in [3.05, 3.63) is 22.4 Å². The van der Waals surface area contributed by atoms with Gasteiger partial charge in [-0.15, -0.1) is 0 Å². The van der Waals surface area contributed by atoms with Gasteiger partial charge in [-0.25, -0.2) is 0 Å². The fraction of sp³-hybridized carbons (Fsp3) is 0.706. The number of carbonyl (C=O) groups excluding carboxylic acids is 1. The zero-order valence-electron chi connectivity index (χ0n) is 12.7. The van der Waals surface area contributed by atoms with E-state index in [0.29, 0.717) is 17.7 Å². The Hall–Kier alpha value is -0.870. The van der Waals surface area contributed by atoms with Crippen molar-refractivity contribution in [2.45, 2.75) is 45.1 Å². The number of piperidine rings is 1. The Balaban J connectivity index is 1.34. The molecule has 0 bridgehead atoms.